The van der Waals surface area contributed by atoms with Gasteiger partial charge in [-0.25, -0.2) is 13.4 Å². The summed E-state index contributed by atoms with van der Waals surface area (Å²) in [5.41, 5.74) is -1.19. The van der Waals surface area contributed by atoms with E-state index in [1.54, 1.807) is 18.2 Å². The third-order valence-corrected chi connectivity index (χ3v) is 6.50. The first-order chi connectivity index (χ1) is 13.2. The topological polar surface area (TPSA) is 88.6 Å². The molecule has 0 radical (unpaired) electrons. The number of aryl methyl sites for hydroxylation is 1. The van der Waals surface area contributed by atoms with Crippen molar-refractivity contribution in [1.29, 1.82) is 0 Å². The first kappa shape index (κ1) is 20.3. The van der Waals surface area contributed by atoms with Gasteiger partial charge >= 0.3 is 6.18 Å². The highest BCUT2D eigenvalue weighted by Crippen LogP contribution is 2.38. The monoisotopic (exact) mass is 430 g/mol. The molecule has 0 unspecified atom stereocenters. The molecule has 148 valence electrons. The summed E-state index contributed by atoms with van der Waals surface area (Å²) in [7, 11) is -3.97. The summed E-state index contributed by atoms with van der Waals surface area (Å²) in [6.07, 6.45) is -2.58. The van der Waals surface area contributed by atoms with Crippen LogP contribution in [0, 0.1) is 0 Å². The Morgan fingerprint density at radius 3 is 2.43 bits per heavy atom. The second-order valence-corrected chi connectivity index (χ2v) is 8.44. The lowest BCUT2D eigenvalue weighted by Crippen LogP contribution is -2.18. The van der Waals surface area contributed by atoms with Crippen LogP contribution in [0.3, 0.4) is 0 Å². The summed E-state index contributed by atoms with van der Waals surface area (Å²) in [4.78, 5) is 7.72. The van der Waals surface area contributed by atoms with Crippen molar-refractivity contribution in [3.8, 4) is 0 Å². The van der Waals surface area contributed by atoms with Crippen molar-refractivity contribution in [2.45, 2.75) is 29.2 Å². The van der Waals surface area contributed by atoms with Gasteiger partial charge in [0, 0.05) is 12.6 Å². The molecular weight excluding hydrogens is 417 g/mol. The molecule has 1 aromatic carbocycles. The molecule has 0 saturated heterocycles. The van der Waals surface area contributed by atoms with E-state index in [1.165, 1.54) is 18.5 Å². The number of nitrogens with one attached hydrogen (secondary N) is 1. The first-order valence-electron chi connectivity index (χ1n) is 8.05. The second kappa shape index (κ2) is 7.88. The maximum absolute atomic E-state index is 13.2. The van der Waals surface area contributed by atoms with Crippen LogP contribution in [0.4, 0.5) is 13.2 Å². The van der Waals surface area contributed by atoms with Crippen molar-refractivity contribution >= 4 is 21.4 Å². The van der Waals surface area contributed by atoms with Gasteiger partial charge in [0.1, 0.15) is 17.4 Å². The fourth-order valence-electron chi connectivity index (χ4n) is 2.67. The number of aromatic nitrogens is 4. The fraction of sp³-hybridized carbons (Fsp3) is 0.235. The molecule has 3 aromatic rings. The summed E-state index contributed by atoms with van der Waals surface area (Å²) >= 11 is 6.02. The van der Waals surface area contributed by atoms with E-state index in [0.717, 1.165) is 0 Å². The molecule has 0 aliphatic carbocycles. The minimum Gasteiger partial charge on any atom is -0.263 e. The molecule has 0 amide bonds. The van der Waals surface area contributed by atoms with E-state index in [9.17, 15) is 21.6 Å². The maximum atomic E-state index is 13.2. The Balaban J connectivity index is 2.03. The molecule has 0 aliphatic heterocycles. The van der Waals surface area contributed by atoms with Gasteiger partial charge in [-0.3, -0.25) is 10.1 Å². The Bertz CT molecular complexity index is 1040. The molecule has 1 N–H and O–H groups in total. The molecule has 0 saturated carbocycles. The van der Waals surface area contributed by atoms with Crippen molar-refractivity contribution in [2.24, 2.45) is 0 Å². The normalized spacial score (nSPS) is 13.4. The molecule has 0 aliphatic rings. The third-order valence-electron chi connectivity index (χ3n) is 4.06. The Morgan fingerprint density at radius 1 is 1.14 bits per heavy atom. The fourth-order valence-corrected chi connectivity index (χ4v) is 4.81. The summed E-state index contributed by atoms with van der Waals surface area (Å²) in [6, 6.07) is 8.28. The number of benzene rings is 1. The lowest BCUT2D eigenvalue weighted by atomic mass is 10.1. The summed E-state index contributed by atoms with van der Waals surface area (Å²) in [5, 5.41) is 4.70. The molecule has 1 atom stereocenters. The number of alkyl halides is 3. The van der Waals surface area contributed by atoms with Crippen LogP contribution in [0.1, 0.15) is 28.8 Å². The number of hydrogen-bond acceptors (Lipinski definition) is 5. The van der Waals surface area contributed by atoms with Crippen molar-refractivity contribution in [2.75, 3.05) is 0 Å². The van der Waals surface area contributed by atoms with Crippen LogP contribution in [0.2, 0.25) is 5.02 Å². The van der Waals surface area contributed by atoms with E-state index < -0.39 is 26.8 Å². The number of hydrogen-bond donors (Lipinski definition) is 1. The van der Waals surface area contributed by atoms with E-state index in [4.69, 9.17) is 11.6 Å². The zero-order valence-corrected chi connectivity index (χ0v) is 15.8. The Labute approximate surface area is 163 Å². The molecule has 6 nitrogen and oxygen atoms in total. The third kappa shape index (κ3) is 4.33. The zero-order valence-electron chi connectivity index (χ0n) is 14.2. The van der Waals surface area contributed by atoms with Gasteiger partial charge in [0.2, 0.25) is 0 Å². The molecule has 28 heavy (non-hydrogen) atoms. The summed E-state index contributed by atoms with van der Waals surface area (Å²) < 4.78 is 65.0. The van der Waals surface area contributed by atoms with E-state index in [2.05, 4.69) is 20.2 Å². The summed E-state index contributed by atoms with van der Waals surface area (Å²) in [6.45, 7) is 0. The Kier molecular flexibility index (Phi) is 5.71. The van der Waals surface area contributed by atoms with Crippen LogP contribution < -0.4 is 0 Å². The van der Waals surface area contributed by atoms with Gasteiger partial charge in [-0.05, 0) is 24.6 Å². The van der Waals surface area contributed by atoms with Crippen molar-refractivity contribution in [1.82, 2.24) is 20.2 Å². The number of rotatable bonds is 6. The molecule has 11 heteroatoms. The number of H-pyrrole nitrogens is 1. The molecular formula is C17H14ClF3N4O2S. The largest absolute Gasteiger partial charge is 0.417 e. The van der Waals surface area contributed by atoms with Gasteiger partial charge in [0.15, 0.2) is 9.84 Å². The van der Waals surface area contributed by atoms with Crippen molar-refractivity contribution in [3.05, 3.63) is 71.0 Å². The van der Waals surface area contributed by atoms with Crippen molar-refractivity contribution in [3.63, 3.8) is 0 Å². The van der Waals surface area contributed by atoms with E-state index in [0.29, 0.717) is 18.1 Å². The minimum absolute atomic E-state index is 0.00447. The van der Waals surface area contributed by atoms with Crippen LogP contribution >= 0.6 is 11.6 Å². The number of pyridine rings is 1. The smallest absolute Gasteiger partial charge is 0.263 e. The highest BCUT2D eigenvalue weighted by atomic mass is 35.5. The predicted octanol–water partition coefficient (Wildman–Crippen LogP) is 4.02. The highest BCUT2D eigenvalue weighted by molar-refractivity contribution is 7.91. The number of halogens is 4. The lowest BCUT2D eigenvalue weighted by molar-refractivity contribution is -0.137. The second-order valence-electron chi connectivity index (χ2n) is 5.91. The molecule has 0 bridgehead atoms. The van der Waals surface area contributed by atoms with Crippen LogP contribution in [0.15, 0.2) is 53.8 Å². The number of sulfone groups is 1. The summed E-state index contributed by atoms with van der Waals surface area (Å²) in [5.74, 6) is 0.441. The quantitative estimate of drug-likeness (QED) is 0.638. The minimum atomic E-state index is -4.64. The van der Waals surface area contributed by atoms with Crippen LogP contribution in [0.5, 0.6) is 0 Å². The maximum Gasteiger partial charge on any atom is 0.417 e. The van der Waals surface area contributed by atoms with Gasteiger partial charge in [-0.15, -0.1) is 0 Å². The van der Waals surface area contributed by atoms with Gasteiger partial charge in [0.05, 0.1) is 21.2 Å². The van der Waals surface area contributed by atoms with Gasteiger partial charge in [-0.1, -0.05) is 29.8 Å². The molecule has 3 rings (SSSR count). The van der Waals surface area contributed by atoms with E-state index in [-0.39, 0.29) is 28.5 Å². The van der Waals surface area contributed by atoms with E-state index >= 15 is 0 Å². The van der Waals surface area contributed by atoms with Gasteiger partial charge in [0.25, 0.3) is 0 Å². The predicted molar refractivity (Wildman–Crippen MR) is 95.3 cm³/mol. The Morgan fingerprint density at radius 2 is 1.86 bits per heavy atom. The average Bonchev–Trinajstić information content (AvgIpc) is 3.16. The van der Waals surface area contributed by atoms with Crippen LogP contribution in [-0.2, 0) is 22.4 Å². The van der Waals surface area contributed by atoms with Gasteiger partial charge < -0.3 is 0 Å². The molecule has 2 aromatic heterocycles. The standard InChI is InChI=1S/C17H14ClF3N4O2S/c18-13-8-11(17(19,20)21)9-22-16(13)14(6-7-15-23-10-24-25-15)28(26,27)12-4-2-1-3-5-12/h1-5,8-10,14H,6-7H2,(H,23,24,25)/t14-/m1/s1. The van der Waals surface area contributed by atoms with Crippen LogP contribution in [-0.4, -0.2) is 28.6 Å². The number of aromatic amines is 1. The average molecular weight is 431 g/mol. The molecule has 0 spiro atoms. The number of nitrogens with zero attached hydrogens (tertiary/aromatic N) is 3. The van der Waals surface area contributed by atoms with E-state index in [1.807, 2.05) is 0 Å². The highest BCUT2D eigenvalue weighted by Gasteiger charge is 2.35. The van der Waals surface area contributed by atoms with Crippen LogP contribution in [0.25, 0.3) is 0 Å². The van der Waals surface area contributed by atoms with Crippen molar-refractivity contribution < 1.29 is 21.6 Å². The molecule has 0 fully saturated rings. The zero-order chi connectivity index (χ0) is 20.4. The molecule has 2 heterocycles. The lowest BCUT2D eigenvalue weighted by Gasteiger charge is -2.19. The Hall–Kier alpha value is -2.46. The first-order valence-corrected chi connectivity index (χ1v) is 9.98. The van der Waals surface area contributed by atoms with Gasteiger partial charge in [-0.2, -0.15) is 18.3 Å². The SMILES string of the molecule is O=S(=O)(c1ccccc1)[C@H](CCc1ncn[nH]1)c1ncc(C(F)(F)F)cc1Cl.